The minimum atomic E-state index is -0.0422. The molecule has 2 nitrogen and oxygen atoms in total. The van der Waals surface area contributed by atoms with Gasteiger partial charge in [-0.15, -0.1) is 0 Å². The Hall–Kier alpha value is -2.94. The van der Waals surface area contributed by atoms with E-state index in [1.807, 2.05) is 6.08 Å². The third-order valence-corrected chi connectivity index (χ3v) is 5.46. The van der Waals surface area contributed by atoms with Crippen LogP contribution in [0.25, 0.3) is 21.5 Å². The lowest BCUT2D eigenvalue weighted by atomic mass is 9.80. The lowest BCUT2D eigenvalue weighted by Crippen LogP contribution is -2.29. The van der Waals surface area contributed by atoms with Gasteiger partial charge in [0.15, 0.2) is 0 Å². The summed E-state index contributed by atoms with van der Waals surface area (Å²) in [5.74, 6) is 0.0969. The summed E-state index contributed by atoms with van der Waals surface area (Å²) >= 11 is 0. The summed E-state index contributed by atoms with van der Waals surface area (Å²) in [5.41, 5.74) is 15.0. The second-order valence-corrected chi connectivity index (χ2v) is 7.22. The molecule has 0 amide bonds. The molecule has 0 spiro atoms. The van der Waals surface area contributed by atoms with Crippen molar-refractivity contribution in [2.75, 3.05) is 6.54 Å². The second-order valence-electron chi connectivity index (χ2n) is 7.22. The summed E-state index contributed by atoms with van der Waals surface area (Å²) in [7, 11) is 0. The van der Waals surface area contributed by atoms with Crippen molar-refractivity contribution in [2.24, 2.45) is 11.5 Å². The number of fused-ring (bicyclic) bond motifs is 2. The fourth-order valence-electron chi connectivity index (χ4n) is 4.16. The van der Waals surface area contributed by atoms with Crippen LogP contribution < -0.4 is 11.5 Å². The van der Waals surface area contributed by atoms with E-state index in [1.54, 1.807) is 0 Å². The average molecular weight is 367 g/mol. The normalized spacial score (nSPS) is 13.0. The van der Waals surface area contributed by atoms with Gasteiger partial charge >= 0.3 is 0 Å². The van der Waals surface area contributed by atoms with Gasteiger partial charge in [0.05, 0.1) is 0 Å². The van der Waals surface area contributed by atoms with Crippen LogP contribution >= 0.6 is 0 Å². The molecule has 1 unspecified atom stereocenters. The van der Waals surface area contributed by atoms with Crippen LogP contribution in [0, 0.1) is 0 Å². The lowest BCUT2D eigenvalue weighted by Gasteiger charge is -2.27. The van der Waals surface area contributed by atoms with Gasteiger partial charge < -0.3 is 11.5 Å². The Morgan fingerprint density at radius 1 is 0.643 bits per heavy atom. The van der Waals surface area contributed by atoms with Crippen molar-refractivity contribution in [1.29, 1.82) is 0 Å². The van der Waals surface area contributed by atoms with E-state index in [2.05, 4.69) is 91.0 Å². The Balaban J connectivity index is 1.92. The van der Waals surface area contributed by atoms with Crippen LogP contribution in [0.5, 0.6) is 0 Å². The zero-order chi connectivity index (χ0) is 19.3. The van der Waals surface area contributed by atoms with E-state index < -0.39 is 0 Å². The number of rotatable bonds is 6. The van der Waals surface area contributed by atoms with Crippen molar-refractivity contribution in [3.8, 4) is 0 Å². The van der Waals surface area contributed by atoms with E-state index in [4.69, 9.17) is 11.5 Å². The number of nitrogens with two attached hydrogens (primary N) is 2. The highest BCUT2D eigenvalue weighted by molar-refractivity contribution is 5.90. The predicted molar refractivity (Wildman–Crippen MR) is 121 cm³/mol. The van der Waals surface area contributed by atoms with E-state index in [0.29, 0.717) is 6.54 Å². The lowest BCUT2D eigenvalue weighted by molar-refractivity contribution is 0.606. The maximum atomic E-state index is 6.81. The molecular weight excluding hydrogens is 340 g/mol. The van der Waals surface area contributed by atoms with Crippen LogP contribution in [0.1, 0.15) is 23.5 Å². The Kier molecular flexibility index (Phi) is 5.52. The number of hydrogen-bond donors (Lipinski definition) is 2. The van der Waals surface area contributed by atoms with Gasteiger partial charge in [-0.05, 0) is 39.1 Å². The van der Waals surface area contributed by atoms with E-state index in [9.17, 15) is 0 Å². The zero-order valence-electron chi connectivity index (χ0n) is 16.0. The Morgan fingerprint density at radius 3 is 1.68 bits per heavy atom. The monoisotopic (exact) mass is 366 g/mol. The first kappa shape index (κ1) is 18.4. The van der Waals surface area contributed by atoms with Crippen LogP contribution in [-0.4, -0.2) is 12.6 Å². The van der Waals surface area contributed by atoms with Gasteiger partial charge in [-0.3, -0.25) is 0 Å². The first-order chi connectivity index (χ1) is 13.8. The molecule has 0 aliphatic rings. The molecule has 2 heteroatoms. The molecule has 0 aliphatic carbocycles. The number of hydrogen-bond acceptors (Lipinski definition) is 2. The zero-order valence-corrected chi connectivity index (χ0v) is 16.0. The summed E-state index contributed by atoms with van der Waals surface area (Å²) in [6.45, 7) is 0.542. The third-order valence-electron chi connectivity index (χ3n) is 5.46. The van der Waals surface area contributed by atoms with Crippen LogP contribution in [0.4, 0.5) is 0 Å². The molecule has 140 valence electrons. The minimum Gasteiger partial charge on any atom is -0.327 e. The summed E-state index contributed by atoms with van der Waals surface area (Å²) < 4.78 is 0. The first-order valence-corrected chi connectivity index (χ1v) is 9.85. The van der Waals surface area contributed by atoms with Crippen LogP contribution in [0.2, 0.25) is 0 Å². The molecule has 4 rings (SSSR count). The van der Waals surface area contributed by atoms with E-state index >= 15 is 0 Å². The molecule has 0 saturated carbocycles. The van der Waals surface area contributed by atoms with E-state index in [0.717, 1.165) is 6.42 Å². The van der Waals surface area contributed by atoms with Gasteiger partial charge in [0.1, 0.15) is 0 Å². The van der Waals surface area contributed by atoms with E-state index in [1.165, 1.54) is 32.7 Å². The Morgan fingerprint density at radius 2 is 1.14 bits per heavy atom. The summed E-state index contributed by atoms with van der Waals surface area (Å²) in [6, 6.07) is 30.1. The fraction of sp³-hybridized carbons (Fsp3) is 0.154. The molecule has 0 fully saturated rings. The van der Waals surface area contributed by atoms with Gasteiger partial charge in [-0.25, -0.2) is 0 Å². The molecule has 4 N–H and O–H groups in total. The maximum absolute atomic E-state index is 6.81. The average Bonchev–Trinajstić information content (AvgIpc) is 2.74. The van der Waals surface area contributed by atoms with Crippen LogP contribution in [0.3, 0.4) is 0 Å². The summed E-state index contributed by atoms with van der Waals surface area (Å²) in [4.78, 5) is 0. The predicted octanol–water partition coefficient (Wildman–Crippen LogP) is 5.36. The smallest absolute Gasteiger partial charge is 0.0256 e. The van der Waals surface area contributed by atoms with Gasteiger partial charge in [-0.1, -0.05) is 97.1 Å². The number of benzene rings is 4. The Labute approximate surface area is 166 Å². The maximum Gasteiger partial charge on any atom is 0.0256 e. The molecule has 28 heavy (non-hydrogen) atoms. The van der Waals surface area contributed by atoms with Crippen molar-refractivity contribution in [2.45, 2.75) is 18.4 Å². The molecule has 4 aromatic rings. The van der Waals surface area contributed by atoms with Crippen molar-refractivity contribution in [3.05, 3.63) is 108 Å². The second kappa shape index (κ2) is 8.39. The first-order valence-electron chi connectivity index (χ1n) is 9.85. The largest absolute Gasteiger partial charge is 0.327 e. The molecule has 1 atom stereocenters. The van der Waals surface area contributed by atoms with Gasteiger partial charge in [0.2, 0.25) is 0 Å². The molecule has 0 heterocycles. The fourth-order valence-corrected chi connectivity index (χ4v) is 4.16. The third kappa shape index (κ3) is 3.57. The summed E-state index contributed by atoms with van der Waals surface area (Å²) in [6.07, 6.45) is 4.88. The van der Waals surface area contributed by atoms with Crippen molar-refractivity contribution >= 4 is 21.5 Å². The molecular formula is C26H26N2. The van der Waals surface area contributed by atoms with Crippen molar-refractivity contribution in [1.82, 2.24) is 0 Å². The van der Waals surface area contributed by atoms with Gasteiger partial charge in [0.25, 0.3) is 0 Å². The quantitative estimate of drug-likeness (QED) is 0.452. The molecule has 0 bridgehead atoms. The van der Waals surface area contributed by atoms with Crippen LogP contribution in [-0.2, 0) is 0 Å². The van der Waals surface area contributed by atoms with Gasteiger partial charge in [-0.2, -0.15) is 0 Å². The molecule has 0 saturated heterocycles. The molecule has 0 aromatic heterocycles. The highest BCUT2D eigenvalue weighted by Gasteiger charge is 2.24. The minimum absolute atomic E-state index is 0.0422. The summed E-state index contributed by atoms with van der Waals surface area (Å²) in [5, 5.41) is 5.02. The standard InChI is InChI=1S/C26H26N2/c27-18-6-5-17-25(28)26(23-15-7-11-19-9-1-3-13-21(19)23)24-16-8-12-20-10-2-4-14-22(20)24/h1-16,25-26H,17-18,27-28H2. The van der Waals surface area contributed by atoms with E-state index in [-0.39, 0.29) is 12.0 Å². The Bertz CT molecular complexity index is 1020. The molecule has 4 aromatic carbocycles. The molecule has 0 aliphatic heterocycles. The highest BCUT2D eigenvalue weighted by Crippen LogP contribution is 2.37. The highest BCUT2D eigenvalue weighted by atomic mass is 14.6. The van der Waals surface area contributed by atoms with Crippen molar-refractivity contribution < 1.29 is 0 Å². The SMILES string of the molecule is NCC=CCC(N)C(c1cccc2ccccc12)c1cccc2ccccc12. The topological polar surface area (TPSA) is 52.0 Å². The van der Waals surface area contributed by atoms with Crippen LogP contribution in [0.15, 0.2) is 97.1 Å². The van der Waals surface area contributed by atoms with Crippen molar-refractivity contribution in [3.63, 3.8) is 0 Å². The van der Waals surface area contributed by atoms with Gasteiger partial charge in [0, 0.05) is 18.5 Å². The molecule has 0 radical (unpaired) electrons.